The summed E-state index contributed by atoms with van der Waals surface area (Å²) in [5.41, 5.74) is 2.80. The monoisotopic (exact) mass is 426 g/mol. The normalized spacial score (nSPS) is 16.5. The van der Waals surface area contributed by atoms with Gasteiger partial charge in [-0.1, -0.05) is 49.6 Å². The summed E-state index contributed by atoms with van der Waals surface area (Å²) in [5.74, 6) is -0.722. The number of sulfonamides is 1. The fraction of sp³-hybridized carbons (Fsp3) is 0.348. The first kappa shape index (κ1) is 20.6. The maximum Gasteiger partial charge on any atom is 0.322 e. The molecule has 0 amide bonds. The number of aromatic amines is 1. The molecule has 0 bridgehead atoms. The molecule has 1 aliphatic rings. The van der Waals surface area contributed by atoms with E-state index < -0.39 is 22.0 Å². The van der Waals surface area contributed by atoms with E-state index in [0.29, 0.717) is 5.92 Å². The molecule has 158 valence electrons. The molecule has 1 atom stereocenters. The Morgan fingerprint density at radius 1 is 1.07 bits per heavy atom. The summed E-state index contributed by atoms with van der Waals surface area (Å²) < 4.78 is 28.1. The lowest BCUT2D eigenvalue weighted by molar-refractivity contribution is -0.138. The number of H-pyrrole nitrogens is 1. The lowest BCUT2D eigenvalue weighted by Gasteiger charge is -2.22. The minimum atomic E-state index is -3.95. The van der Waals surface area contributed by atoms with Crippen LogP contribution in [0.5, 0.6) is 0 Å². The Labute approximate surface area is 176 Å². The Hall–Kier alpha value is -2.64. The van der Waals surface area contributed by atoms with Gasteiger partial charge in [0.05, 0.1) is 4.90 Å². The van der Waals surface area contributed by atoms with Gasteiger partial charge in [0.2, 0.25) is 10.0 Å². The average Bonchev–Trinajstić information content (AvgIpc) is 3.17. The SMILES string of the molecule is O=C(O)[C@H](Cc1c[nH]c2ccccc12)NS(=O)(=O)c1ccc(C2CCCCC2)cc1. The van der Waals surface area contributed by atoms with Crippen LogP contribution in [-0.4, -0.2) is 30.5 Å². The van der Waals surface area contributed by atoms with Crippen molar-refractivity contribution in [1.82, 2.24) is 9.71 Å². The minimum Gasteiger partial charge on any atom is -0.480 e. The molecule has 1 aliphatic carbocycles. The van der Waals surface area contributed by atoms with Crippen molar-refractivity contribution in [1.29, 1.82) is 0 Å². The molecule has 0 aliphatic heterocycles. The van der Waals surface area contributed by atoms with Crippen molar-refractivity contribution in [2.75, 3.05) is 0 Å². The highest BCUT2D eigenvalue weighted by molar-refractivity contribution is 7.89. The number of hydrogen-bond donors (Lipinski definition) is 3. The van der Waals surface area contributed by atoms with Crippen LogP contribution in [0.1, 0.15) is 49.1 Å². The molecule has 0 spiro atoms. The number of fused-ring (bicyclic) bond motifs is 1. The third kappa shape index (κ3) is 4.42. The van der Waals surface area contributed by atoms with E-state index in [0.717, 1.165) is 34.9 Å². The number of carbonyl (C=O) groups is 1. The van der Waals surface area contributed by atoms with Crippen molar-refractivity contribution in [3.05, 3.63) is 65.9 Å². The summed E-state index contributed by atoms with van der Waals surface area (Å²) >= 11 is 0. The molecule has 1 fully saturated rings. The van der Waals surface area contributed by atoms with E-state index in [1.165, 1.54) is 19.3 Å². The van der Waals surface area contributed by atoms with E-state index >= 15 is 0 Å². The Morgan fingerprint density at radius 2 is 1.77 bits per heavy atom. The van der Waals surface area contributed by atoms with E-state index in [4.69, 9.17) is 0 Å². The van der Waals surface area contributed by atoms with Crippen LogP contribution >= 0.6 is 0 Å². The highest BCUT2D eigenvalue weighted by atomic mass is 32.2. The van der Waals surface area contributed by atoms with E-state index in [-0.39, 0.29) is 11.3 Å². The van der Waals surface area contributed by atoms with Crippen LogP contribution in [0, 0.1) is 0 Å². The number of nitrogens with one attached hydrogen (secondary N) is 2. The third-order valence-electron chi connectivity index (χ3n) is 5.96. The minimum absolute atomic E-state index is 0.0543. The summed E-state index contributed by atoms with van der Waals surface area (Å²) in [6, 6.07) is 13.2. The van der Waals surface area contributed by atoms with Crippen LogP contribution in [0.25, 0.3) is 10.9 Å². The summed E-state index contributed by atoms with van der Waals surface area (Å²) in [4.78, 5) is 15.0. The first-order valence-corrected chi connectivity index (χ1v) is 11.8. The molecule has 3 N–H and O–H groups in total. The van der Waals surface area contributed by atoms with Gasteiger partial charge in [0.25, 0.3) is 0 Å². The summed E-state index contributed by atoms with van der Waals surface area (Å²) in [6.45, 7) is 0. The summed E-state index contributed by atoms with van der Waals surface area (Å²) in [5, 5.41) is 10.5. The zero-order chi connectivity index (χ0) is 21.1. The molecule has 30 heavy (non-hydrogen) atoms. The number of rotatable bonds is 7. The van der Waals surface area contributed by atoms with E-state index in [2.05, 4.69) is 9.71 Å². The first-order chi connectivity index (χ1) is 14.4. The van der Waals surface area contributed by atoms with Crippen LogP contribution in [0.15, 0.2) is 59.6 Å². The number of aliphatic carboxylic acids is 1. The molecule has 6 nitrogen and oxygen atoms in total. The van der Waals surface area contributed by atoms with Crippen LogP contribution in [0.3, 0.4) is 0 Å². The van der Waals surface area contributed by atoms with Gasteiger partial charge in [-0.05, 0) is 48.1 Å². The van der Waals surface area contributed by atoms with Gasteiger partial charge < -0.3 is 10.1 Å². The lowest BCUT2D eigenvalue weighted by atomic mass is 9.84. The van der Waals surface area contributed by atoms with Crippen molar-refractivity contribution in [2.24, 2.45) is 0 Å². The zero-order valence-electron chi connectivity index (χ0n) is 16.7. The molecular formula is C23H26N2O4S. The van der Waals surface area contributed by atoms with E-state index in [1.807, 2.05) is 36.4 Å². The van der Waals surface area contributed by atoms with Crippen molar-refractivity contribution >= 4 is 26.9 Å². The quantitative estimate of drug-likeness (QED) is 0.527. The number of hydrogen-bond acceptors (Lipinski definition) is 3. The van der Waals surface area contributed by atoms with Crippen molar-refractivity contribution in [3.63, 3.8) is 0 Å². The summed E-state index contributed by atoms with van der Waals surface area (Å²) in [6.07, 6.45) is 7.74. The molecule has 4 rings (SSSR count). The highest BCUT2D eigenvalue weighted by Crippen LogP contribution is 2.33. The first-order valence-electron chi connectivity index (χ1n) is 10.3. The molecule has 0 saturated heterocycles. The van der Waals surface area contributed by atoms with Gasteiger partial charge in [-0.3, -0.25) is 4.79 Å². The smallest absolute Gasteiger partial charge is 0.322 e. The Balaban J connectivity index is 1.51. The van der Waals surface area contributed by atoms with Gasteiger partial charge >= 0.3 is 5.97 Å². The maximum absolute atomic E-state index is 12.8. The van der Waals surface area contributed by atoms with Crippen molar-refractivity contribution in [3.8, 4) is 0 Å². The molecule has 1 saturated carbocycles. The third-order valence-corrected chi connectivity index (χ3v) is 7.45. The molecule has 7 heteroatoms. The molecule has 0 unspecified atom stereocenters. The Morgan fingerprint density at radius 3 is 2.47 bits per heavy atom. The number of benzene rings is 2. The van der Waals surface area contributed by atoms with Gasteiger partial charge in [-0.15, -0.1) is 0 Å². The second-order valence-corrected chi connectivity index (χ2v) is 9.69. The predicted molar refractivity (Wildman–Crippen MR) is 116 cm³/mol. The van der Waals surface area contributed by atoms with Crippen LogP contribution in [0.2, 0.25) is 0 Å². The maximum atomic E-state index is 12.8. The molecule has 1 aromatic heterocycles. The van der Waals surface area contributed by atoms with E-state index in [9.17, 15) is 18.3 Å². The highest BCUT2D eigenvalue weighted by Gasteiger charge is 2.27. The van der Waals surface area contributed by atoms with Gasteiger partial charge in [-0.25, -0.2) is 8.42 Å². The van der Waals surface area contributed by atoms with Crippen LogP contribution in [-0.2, 0) is 21.2 Å². The standard InChI is InChI=1S/C23H26N2O4S/c26-23(27)22(14-18-15-24-21-9-5-4-8-20(18)21)25-30(28,29)19-12-10-17(11-13-19)16-6-2-1-3-7-16/h4-5,8-13,15-16,22,24-25H,1-3,6-7,14H2,(H,26,27)/t22-/m0/s1. The van der Waals surface area contributed by atoms with Crippen LogP contribution in [0.4, 0.5) is 0 Å². The van der Waals surface area contributed by atoms with Crippen molar-refractivity contribution in [2.45, 2.75) is 55.4 Å². The van der Waals surface area contributed by atoms with E-state index in [1.54, 1.807) is 18.3 Å². The fourth-order valence-corrected chi connectivity index (χ4v) is 5.50. The van der Waals surface area contributed by atoms with Gasteiger partial charge in [0.1, 0.15) is 6.04 Å². The lowest BCUT2D eigenvalue weighted by Crippen LogP contribution is -2.42. The Kier molecular flexibility index (Phi) is 5.92. The topological polar surface area (TPSA) is 99.3 Å². The predicted octanol–water partition coefficient (Wildman–Crippen LogP) is 4.19. The summed E-state index contributed by atoms with van der Waals surface area (Å²) in [7, 11) is -3.95. The Bertz CT molecular complexity index is 1130. The van der Waals surface area contributed by atoms with Gasteiger partial charge in [0, 0.05) is 23.5 Å². The van der Waals surface area contributed by atoms with Gasteiger partial charge in [-0.2, -0.15) is 4.72 Å². The number of aromatic nitrogens is 1. The number of carboxylic acids is 1. The molecular weight excluding hydrogens is 400 g/mol. The average molecular weight is 427 g/mol. The second-order valence-electron chi connectivity index (χ2n) is 7.98. The van der Waals surface area contributed by atoms with Crippen molar-refractivity contribution < 1.29 is 18.3 Å². The number of para-hydroxylation sites is 1. The zero-order valence-corrected chi connectivity index (χ0v) is 17.5. The molecule has 0 radical (unpaired) electrons. The second kappa shape index (κ2) is 8.62. The largest absolute Gasteiger partial charge is 0.480 e. The molecule has 1 heterocycles. The molecule has 2 aromatic carbocycles. The fourth-order valence-electron chi connectivity index (χ4n) is 4.31. The molecule has 3 aromatic rings. The van der Waals surface area contributed by atoms with Crippen LogP contribution < -0.4 is 4.72 Å². The van der Waals surface area contributed by atoms with Gasteiger partial charge in [0.15, 0.2) is 0 Å². The number of carboxylic acid groups (broad SMARTS) is 1.